The van der Waals surface area contributed by atoms with Crippen molar-refractivity contribution in [3.05, 3.63) is 101 Å². The maximum Gasteiger partial charge on any atom is 0.255 e. The molecule has 1 fully saturated rings. The molecule has 2 heterocycles. The minimum atomic E-state index is -0.164. The molecule has 2 aliphatic carbocycles. The van der Waals surface area contributed by atoms with Gasteiger partial charge in [-0.3, -0.25) is 4.79 Å². The molecule has 3 aromatic rings. The first-order chi connectivity index (χ1) is 16.7. The fourth-order valence-corrected chi connectivity index (χ4v) is 7.06. The van der Waals surface area contributed by atoms with E-state index in [1.54, 1.807) is 18.0 Å². The molecular weight excluding hydrogens is 440 g/mol. The standard InChI is InChI=1S/C29H30N2O2S/c32-27-25-26(24-14-6-5-12-22(24)18-29(25)15-7-2-8-16-29)30-28(31(27)19-23-13-9-17-33-23)34-20-21-10-3-1-4-11-21/h1,3-6,9-14,17,28,30H,2,7-8,15-16,18-20H2/t28-/m1/s1. The second kappa shape index (κ2) is 9.03. The quantitative estimate of drug-likeness (QED) is 0.472. The molecule has 6 rings (SSSR count). The van der Waals surface area contributed by atoms with Gasteiger partial charge in [-0.25, -0.2) is 0 Å². The molecule has 0 radical (unpaired) electrons. The molecular formula is C29H30N2O2S. The second-order valence-corrected chi connectivity index (χ2v) is 10.8. The smallest absolute Gasteiger partial charge is 0.255 e. The summed E-state index contributed by atoms with van der Waals surface area (Å²) < 4.78 is 5.68. The lowest BCUT2D eigenvalue weighted by atomic mass is 9.61. The third-order valence-corrected chi connectivity index (χ3v) is 8.78. The van der Waals surface area contributed by atoms with Crippen LogP contribution < -0.4 is 5.32 Å². The Balaban J connectivity index is 1.42. The van der Waals surface area contributed by atoms with E-state index in [9.17, 15) is 4.79 Å². The van der Waals surface area contributed by atoms with Gasteiger partial charge in [-0.15, -0.1) is 11.8 Å². The number of thioether (sulfide) groups is 1. The van der Waals surface area contributed by atoms with Crippen molar-refractivity contribution in [1.29, 1.82) is 0 Å². The predicted octanol–water partition coefficient (Wildman–Crippen LogP) is 6.35. The van der Waals surface area contributed by atoms with Crippen molar-refractivity contribution in [3.8, 4) is 0 Å². The number of carbonyl (C=O) groups is 1. The number of carbonyl (C=O) groups excluding carboxylic acids is 1. The van der Waals surface area contributed by atoms with E-state index in [0.717, 1.165) is 42.0 Å². The minimum Gasteiger partial charge on any atom is -0.467 e. The van der Waals surface area contributed by atoms with Gasteiger partial charge in [0.15, 0.2) is 5.50 Å². The predicted molar refractivity (Wildman–Crippen MR) is 137 cm³/mol. The van der Waals surface area contributed by atoms with Gasteiger partial charge in [0.05, 0.1) is 18.5 Å². The molecule has 174 valence electrons. The Morgan fingerprint density at radius 3 is 2.56 bits per heavy atom. The van der Waals surface area contributed by atoms with Crippen molar-refractivity contribution in [2.24, 2.45) is 5.41 Å². The Morgan fingerprint density at radius 1 is 0.971 bits per heavy atom. The van der Waals surface area contributed by atoms with E-state index in [0.29, 0.717) is 6.54 Å². The monoisotopic (exact) mass is 470 g/mol. The highest BCUT2D eigenvalue weighted by molar-refractivity contribution is 7.99. The summed E-state index contributed by atoms with van der Waals surface area (Å²) in [6.07, 6.45) is 8.47. The van der Waals surface area contributed by atoms with Gasteiger partial charge < -0.3 is 14.6 Å². The van der Waals surface area contributed by atoms with Crippen molar-refractivity contribution >= 4 is 23.4 Å². The second-order valence-electron chi connectivity index (χ2n) is 9.73. The Bertz CT molecular complexity index is 1200. The Labute approximate surface area is 205 Å². The van der Waals surface area contributed by atoms with Crippen LogP contribution in [0.1, 0.15) is 54.6 Å². The summed E-state index contributed by atoms with van der Waals surface area (Å²) >= 11 is 1.77. The Kier molecular flexibility index (Phi) is 5.74. The summed E-state index contributed by atoms with van der Waals surface area (Å²) in [6, 6.07) is 23.0. The molecule has 1 atom stereocenters. The van der Waals surface area contributed by atoms with Crippen molar-refractivity contribution in [3.63, 3.8) is 0 Å². The molecule has 1 N–H and O–H groups in total. The van der Waals surface area contributed by atoms with Crippen LogP contribution in [-0.4, -0.2) is 16.3 Å². The van der Waals surface area contributed by atoms with E-state index in [1.807, 2.05) is 23.1 Å². The number of rotatable bonds is 5. The third-order valence-electron chi connectivity index (χ3n) is 7.59. The summed E-state index contributed by atoms with van der Waals surface area (Å²) in [7, 11) is 0. The van der Waals surface area contributed by atoms with Gasteiger partial charge in [0.25, 0.3) is 5.91 Å². The van der Waals surface area contributed by atoms with Crippen LogP contribution >= 0.6 is 11.8 Å². The zero-order chi connectivity index (χ0) is 23.0. The zero-order valence-electron chi connectivity index (χ0n) is 19.3. The number of nitrogens with zero attached hydrogens (tertiary/aromatic N) is 1. The summed E-state index contributed by atoms with van der Waals surface area (Å²) in [5.74, 6) is 1.82. The van der Waals surface area contributed by atoms with Crippen molar-refractivity contribution in [2.75, 3.05) is 0 Å². The maximum absolute atomic E-state index is 14.4. The fraction of sp³-hybridized carbons (Fsp3) is 0.345. The first-order valence-electron chi connectivity index (χ1n) is 12.3. The molecule has 1 spiro atoms. The molecule has 3 aliphatic rings. The average Bonchev–Trinajstić information content (AvgIpc) is 3.39. The Hall–Kier alpha value is -2.92. The van der Waals surface area contributed by atoms with Gasteiger partial charge in [-0.1, -0.05) is 73.9 Å². The first-order valence-corrected chi connectivity index (χ1v) is 13.4. The van der Waals surface area contributed by atoms with Gasteiger partial charge in [0.2, 0.25) is 0 Å². The number of amides is 1. The molecule has 5 heteroatoms. The van der Waals surface area contributed by atoms with Crippen LogP contribution in [0, 0.1) is 5.41 Å². The first kappa shape index (κ1) is 21.6. The molecule has 34 heavy (non-hydrogen) atoms. The Morgan fingerprint density at radius 2 is 1.76 bits per heavy atom. The largest absolute Gasteiger partial charge is 0.467 e. The lowest BCUT2D eigenvalue weighted by Crippen LogP contribution is -2.55. The van der Waals surface area contributed by atoms with Crippen LogP contribution in [-0.2, 0) is 23.5 Å². The molecule has 4 nitrogen and oxygen atoms in total. The molecule has 1 aromatic heterocycles. The van der Waals surface area contributed by atoms with Crippen molar-refractivity contribution in [2.45, 2.75) is 56.3 Å². The SMILES string of the molecule is O=C1C2=C(N[C@@H](SCc3ccccc3)N1Cc1ccco1)c1ccccc1CC21CCCCC1. The van der Waals surface area contributed by atoms with Gasteiger partial charge in [-0.2, -0.15) is 0 Å². The van der Waals surface area contributed by atoms with Gasteiger partial charge in [0.1, 0.15) is 5.76 Å². The van der Waals surface area contributed by atoms with E-state index in [2.05, 4.69) is 53.8 Å². The number of nitrogens with one attached hydrogen (secondary N) is 1. The molecule has 1 saturated carbocycles. The summed E-state index contributed by atoms with van der Waals surface area (Å²) in [6.45, 7) is 0.472. The molecule has 2 aromatic carbocycles. The maximum atomic E-state index is 14.4. The van der Waals surface area contributed by atoms with E-state index in [4.69, 9.17) is 4.42 Å². The lowest BCUT2D eigenvalue weighted by molar-refractivity contribution is -0.131. The fourth-order valence-electron chi connectivity index (χ4n) is 5.97. The van der Waals surface area contributed by atoms with E-state index < -0.39 is 0 Å². The van der Waals surface area contributed by atoms with Gasteiger partial charge in [-0.05, 0) is 42.5 Å². The van der Waals surface area contributed by atoms with Gasteiger partial charge in [0, 0.05) is 22.3 Å². The zero-order valence-corrected chi connectivity index (χ0v) is 20.2. The average molecular weight is 471 g/mol. The summed E-state index contributed by atoms with van der Waals surface area (Å²) in [4.78, 5) is 16.4. The molecule has 0 bridgehead atoms. The molecule has 0 unspecified atom stereocenters. The number of hydrogen-bond donors (Lipinski definition) is 1. The highest BCUT2D eigenvalue weighted by atomic mass is 32.2. The van der Waals surface area contributed by atoms with E-state index >= 15 is 0 Å². The molecule has 1 aliphatic heterocycles. The van der Waals surface area contributed by atoms with E-state index in [-0.39, 0.29) is 16.8 Å². The number of fused-ring (bicyclic) bond motifs is 3. The number of benzene rings is 2. The van der Waals surface area contributed by atoms with Crippen molar-refractivity contribution < 1.29 is 9.21 Å². The van der Waals surface area contributed by atoms with Crippen LogP contribution in [0.15, 0.2) is 83.0 Å². The molecule has 0 saturated heterocycles. The van der Waals surface area contributed by atoms with Crippen LogP contribution in [0.4, 0.5) is 0 Å². The van der Waals surface area contributed by atoms with Crippen molar-refractivity contribution in [1.82, 2.24) is 10.2 Å². The molecule has 1 amide bonds. The number of furan rings is 1. The highest BCUT2D eigenvalue weighted by Gasteiger charge is 2.49. The third kappa shape index (κ3) is 3.86. The lowest BCUT2D eigenvalue weighted by Gasteiger charge is -2.49. The van der Waals surface area contributed by atoms with E-state index in [1.165, 1.54) is 36.0 Å². The highest BCUT2D eigenvalue weighted by Crippen LogP contribution is 2.53. The summed E-state index contributed by atoms with van der Waals surface area (Å²) in [5, 5.41) is 3.85. The topological polar surface area (TPSA) is 45.5 Å². The van der Waals surface area contributed by atoms with Crippen LogP contribution in [0.25, 0.3) is 5.70 Å². The minimum absolute atomic E-state index is 0.0670. The van der Waals surface area contributed by atoms with Crippen LogP contribution in [0.2, 0.25) is 0 Å². The number of hydrogen-bond acceptors (Lipinski definition) is 4. The van der Waals surface area contributed by atoms with Gasteiger partial charge >= 0.3 is 0 Å². The normalized spacial score (nSPS) is 21.2. The van der Waals surface area contributed by atoms with Crippen LogP contribution in [0.3, 0.4) is 0 Å². The van der Waals surface area contributed by atoms with Crippen LogP contribution in [0.5, 0.6) is 0 Å². The summed E-state index contributed by atoms with van der Waals surface area (Å²) in [5.41, 5.74) is 5.67.